The molecule has 1 atom stereocenters. The average Bonchev–Trinajstić information content (AvgIpc) is 3.26. The number of unbranched alkanes of at least 4 members (excludes halogenated alkanes) is 26. The van der Waals surface area contributed by atoms with Gasteiger partial charge >= 0.3 is 17.9 Å². The van der Waals surface area contributed by atoms with Gasteiger partial charge in [-0.2, -0.15) is 11.8 Å². The number of thioether (sulfide) groups is 1. The van der Waals surface area contributed by atoms with Crippen molar-refractivity contribution >= 4 is 29.7 Å². The molecule has 0 aliphatic carbocycles. The number of rotatable bonds is 50. The van der Waals surface area contributed by atoms with Gasteiger partial charge in [0.2, 0.25) is 0 Å². The molecule has 0 aromatic carbocycles. The fourth-order valence-electron chi connectivity index (χ4n) is 8.37. The predicted octanol–water partition coefficient (Wildman–Crippen LogP) is 16.6. The van der Waals surface area contributed by atoms with E-state index in [0.29, 0.717) is 19.4 Å². The van der Waals surface area contributed by atoms with Crippen LogP contribution in [0.1, 0.15) is 278 Å². The molecule has 374 valence electrons. The van der Waals surface area contributed by atoms with Gasteiger partial charge in [0.15, 0.2) is 0 Å². The van der Waals surface area contributed by atoms with Crippen molar-refractivity contribution in [2.75, 3.05) is 38.8 Å². The zero-order valence-corrected chi connectivity index (χ0v) is 43.8. The Morgan fingerprint density at radius 2 is 0.778 bits per heavy atom. The Balaban J connectivity index is 4.21. The lowest BCUT2D eigenvalue weighted by molar-refractivity contribution is -0.151. The third kappa shape index (κ3) is 44.3. The first-order chi connectivity index (χ1) is 30.8. The molecule has 0 saturated carbocycles. The van der Waals surface area contributed by atoms with E-state index in [-0.39, 0.29) is 36.0 Å². The van der Waals surface area contributed by atoms with Crippen LogP contribution in [-0.4, -0.2) is 73.8 Å². The van der Waals surface area contributed by atoms with Crippen molar-refractivity contribution in [2.45, 2.75) is 290 Å². The highest BCUT2D eigenvalue weighted by Gasteiger charge is 2.20. The highest BCUT2D eigenvalue weighted by molar-refractivity contribution is 7.99. The van der Waals surface area contributed by atoms with Gasteiger partial charge < -0.3 is 19.1 Å². The Morgan fingerprint density at radius 3 is 1.17 bits per heavy atom. The molecule has 0 spiro atoms. The second-order valence-corrected chi connectivity index (χ2v) is 20.5. The number of hydrogen-bond acceptors (Lipinski definition) is 8. The van der Waals surface area contributed by atoms with Gasteiger partial charge in [0, 0.05) is 18.6 Å². The number of ether oxygens (including phenoxy) is 3. The standard InChI is InChI=1S/C55H107NO6S/c1-7-11-15-23-31-39-51(40-32-24-16-12-8-2)61-53(57)43-35-27-19-21-29-37-47-60-55(59)50(45-46-56(5)6)49-63-48-38-30-22-20-28-36-44-54(58)62-52(41-33-25-17-13-9-3)42-34-26-18-14-10-4/h50-52H,7-49H2,1-6H3. The van der Waals surface area contributed by atoms with Crippen LogP contribution in [0.2, 0.25) is 0 Å². The van der Waals surface area contributed by atoms with Crippen LogP contribution in [0.15, 0.2) is 0 Å². The van der Waals surface area contributed by atoms with E-state index >= 15 is 0 Å². The third-order valence-corrected chi connectivity index (χ3v) is 13.8. The second kappa shape index (κ2) is 48.6. The zero-order chi connectivity index (χ0) is 46.3. The zero-order valence-electron chi connectivity index (χ0n) is 42.9. The van der Waals surface area contributed by atoms with E-state index in [1.54, 1.807) is 0 Å². The van der Waals surface area contributed by atoms with Crippen molar-refractivity contribution in [3.8, 4) is 0 Å². The summed E-state index contributed by atoms with van der Waals surface area (Å²) < 4.78 is 17.8. The first-order valence-electron chi connectivity index (χ1n) is 27.5. The molecule has 1 unspecified atom stereocenters. The molecule has 0 aliphatic heterocycles. The summed E-state index contributed by atoms with van der Waals surface area (Å²) in [7, 11) is 4.13. The monoisotopic (exact) mass is 910 g/mol. The Hall–Kier alpha value is -1.28. The van der Waals surface area contributed by atoms with Crippen LogP contribution in [0.3, 0.4) is 0 Å². The second-order valence-electron chi connectivity index (χ2n) is 19.3. The molecule has 0 aromatic heterocycles. The van der Waals surface area contributed by atoms with Gasteiger partial charge in [0.1, 0.15) is 12.2 Å². The molecule has 0 amide bonds. The molecule has 0 heterocycles. The SMILES string of the molecule is CCCCCCCC(CCCCCCC)OC(=O)CCCCCCCCOC(=O)C(CCN(C)C)CSCCCCCCCCC(=O)OC(CCCCCCC)CCCCCCC. The summed E-state index contributed by atoms with van der Waals surface area (Å²) in [5.41, 5.74) is 0. The van der Waals surface area contributed by atoms with Crippen LogP contribution in [0.25, 0.3) is 0 Å². The van der Waals surface area contributed by atoms with Crippen LogP contribution in [0, 0.1) is 5.92 Å². The predicted molar refractivity (Wildman–Crippen MR) is 273 cm³/mol. The molecule has 0 rings (SSSR count). The van der Waals surface area contributed by atoms with E-state index in [1.807, 2.05) is 11.8 Å². The molecule has 0 aliphatic rings. The van der Waals surface area contributed by atoms with Gasteiger partial charge in [-0.25, -0.2) is 0 Å². The number of esters is 3. The van der Waals surface area contributed by atoms with Gasteiger partial charge in [0.05, 0.1) is 12.5 Å². The van der Waals surface area contributed by atoms with Crippen molar-refractivity contribution in [1.29, 1.82) is 0 Å². The number of carbonyl (C=O) groups is 3. The number of carbonyl (C=O) groups excluding carboxylic acids is 3. The molecular weight excluding hydrogens is 803 g/mol. The van der Waals surface area contributed by atoms with E-state index in [2.05, 4.69) is 46.7 Å². The van der Waals surface area contributed by atoms with Crippen molar-refractivity contribution in [1.82, 2.24) is 4.90 Å². The molecule has 0 saturated heterocycles. The molecule has 8 heteroatoms. The lowest BCUT2D eigenvalue weighted by Crippen LogP contribution is -2.25. The average molecular weight is 911 g/mol. The van der Waals surface area contributed by atoms with Crippen LogP contribution in [0.4, 0.5) is 0 Å². The molecule has 0 aromatic rings. The maximum atomic E-state index is 13.1. The van der Waals surface area contributed by atoms with Gasteiger partial charge in [-0.05, 0) is 110 Å². The summed E-state index contributed by atoms with van der Waals surface area (Å²) in [6.45, 7) is 10.4. The summed E-state index contributed by atoms with van der Waals surface area (Å²) in [5.74, 6) is 1.82. The van der Waals surface area contributed by atoms with Crippen LogP contribution < -0.4 is 0 Å². The normalized spacial score (nSPS) is 12.1. The first-order valence-corrected chi connectivity index (χ1v) is 28.7. The van der Waals surface area contributed by atoms with Crippen LogP contribution in [0.5, 0.6) is 0 Å². The fraction of sp³-hybridized carbons (Fsp3) is 0.945. The smallest absolute Gasteiger partial charge is 0.309 e. The van der Waals surface area contributed by atoms with E-state index in [1.165, 1.54) is 154 Å². The minimum Gasteiger partial charge on any atom is -0.465 e. The molecule has 63 heavy (non-hydrogen) atoms. The van der Waals surface area contributed by atoms with Gasteiger partial charge in [-0.3, -0.25) is 14.4 Å². The largest absolute Gasteiger partial charge is 0.465 e. The summed E-state index contributed by atoms with van der Waals surface area (Å²) in [6.07, 6.45) is 44.2. The van der Waals surface area contributed by atoms with Crippen molar-refractivity contribution in [2.24, 2.45) is 5.92 Å². The Kier molecular flexibility index (Phi) is 47.7. The first kappa shape index (κ1) is 61.7. The Bertz CT molecular complexity index is 966. The summed E-state index contributed by atoms with van der Waals surface area (Å²) in [4.78, 5) is 40.6. The van der Waals surface area contributed by atoms with Gasteiger partial charge in [-0.15, -0.1) is 0 Å². The third-order valence-electron chi connectivity index (χ3n) is 12.6. The van der Waals surface area contributed by atoms with Crippen LogP contribution >= 0.6 is 11.8 Å². The minimum absolute atomic E-state index is 0.00627. The molecule has 0 bridgehead atoms. The van der Waals surface area contributed by atoms with E-state index in [9.17, 15) is 14.4 Å². The van der Waals surface area contributed by atoms with E-state index in [4.69, 9.17) is 14.2 Å². The van der Waals surface area contributed by atoms with E-state index < -0.39 is 0 Å². The van der Waals surface area contributed by atoms with Crippen molar-refractivity contribution in [3.63, 3.8) is 0 Å². The van der Waals surface area contributed by atoms with Crippen molar-refractivity contribution < 1.29 is 28.6 Å². The molecule has 0 N–H and O–H groups in total. The number of nitrogens with zero attached hydrogens (tertiary/aromatic N) is 1. The molecule has 7 nitrogen and oxygen atoms in total. The quantitative estimate of drug-likeness (QED) is 0.0339. The Labute approximate surface area is 396 Å². The van der Waals surface area contributed by atoms with Gasteiger partial charge in [-0.1, -0.05) is 182 Å². The highest BCUT2D eigenvalue weighted by atomic mass is 32.2. The van der Waals surface area contributed by atoms with Crippen molar-refractivity contribution in [3.05, 3.63) is 0 Å². The Morgan fingerprint density at radius 1 is 0.429 bits per heavy atom. The van der Waals surface area contributed by atoms with Gasteiger partial charge in [0.25, 0.3) is 0 Å². The number of hydrogen-bond donors (Lipinski definition) is 0. The summed E-state index contributed by atoms with van der Waals surface area (Å²) in [5, 5.41) is 0. The maximum Gasteiger partial charge on any atom is 0.309 e. The summed E-state index contributed by atoms with van der Waals surface area (Å²) >= 11 is 1.90. The minimum atomic E-state index is -0.0552. The molecule has 0 fully saturated rings. The highest BCUT2D eigenvalue weighted by Crippen LogP contribution is 2.21. The molecular formula is C55H107NO6S. The molecule has 0 radical (unpaired) electrons. The lowest BCUT2D eigenvalue weighted by atomic mass is 10.0. The topological polar surface area (TPSA) is 82.1 Å². The maximum absolute atomic E-state index is 13.1. The van der Waals surface area contributed by atoms with Crippen LogP contribution in [-0.2, 0) is 28.6 Å². The fourth-order valence-corrected chi connectivity index (χ4v) is 9.54. The van der Waals surface area contributed by atoms with E-state index in [0.717, 1.165) is 102 Å². The lowest BCUT2D eigenvalue weighted by Gasteiger charge is -2.18. The summed E-state index contributed by atoms with van der Waals surface area (Å²) in [6, 6.07) is 0.